The number of carbonyl (C=O) groups is 2. The van der Waals surface area contributed by atoms with Gasteiger partial charge in [-0.05, 0) is 37.5 Å². The maximum atomic E-state index is 13.1. The fourth-order valence-corrected chi connectivity index (χ4v) is 3.66. The molecule has 2 unspecified atom stereocenters. The number of amides is 2. The zero-order chi connectivity index (χ0) is 20.1. The predicted molar refractivity (Wildman–Crippen MR) is 106 cm³/mol. The van der Waals surface area contributed by atoms with Crippen LogP contribution in [0.4, 0.5) is 10.1 Å². The highest BCUT2D eigenvalue weighted by molar-refractivity contribution is 6.31. The normalized spacial score (nSPS) is 19.5. The fraction of sp³-hybridized carbons (Fsp3) is 0.350. The second-order valence-electron chi connectivity index (χ2n) is 6.92. The number of rotatable bonds is 5. The van der Waals surface area contributed by atoms with E-state index in [1.807, 2.05) is 17.8 Å². The number of aromatic nitrogens is 2. The van der Waals surface area contributed by atoms with Crippen LogP contribution in [0, 0.1) is 5.82 Å². The Morgan fingerprint density at radius 3 is 2.79 bits per heavy atom. The van der Waals surface area contributed by atoms with Gasteiger partial charge in [-0.25, -0.2) is 9.37 Å². The van der Waals surface area contributed by atoms with Crippen molar-refractivity contribution in [1.29, 1.82) is 0 Å². The van der Waals surface area contributed by atoms with Crippen LogP contribution >= 0.6 is 11.6 Å². The Bertz CT molecular complexity index is 896. The third-order valence-corrected chi connectivity index (χ3v) is 5.11. The standard InChI is InChI=1S/C20H22ClFN4O2/c1-26-10-9-23-20(26)13-3-2-4-14(11-13)24-18(27)7-8-19(28)25-15-5-6-17(22)16(21)12-15/h5-10,12-14H,2-4,11H2,1H3,(H,24,27)(H,25,28)/b8-7+. The van der Waals surface area contributed by atoms with Crippen molar-refractivity contribution in [2.75, 3.05) is 5.32 Å². The first-order valence-electron chi connectivity index (χ1n) is 9.14. The van der Waals surface area contributed by atoms with E-state index in [2.05, 4.69) is 15.6 Å². The van der Waals surface area contributed by atoms with Gasteiger partial charge in [0.1, 0.15) is 11.6 Å². The Morgan fingerprint density at radius 1 is 1.29 bits per heavy atom. The lowest BCUT2D eigenvalue weighted by atomic mass is 9.85. The molecule has 1 aliphatic rings. The maximum Gasteiger partial charge on any atom is 0.248 e. The Kier molecular flexibility index (Phi) is 6.46. The van der Waals surface area contributed by atoms with Crippen molar-refractivity contribution in [2.45, 2.75) is 37.6 Å². The molecule has 2 aromatic rings. The molecule has 1 heterocycles. The molecule has 1 saturated carbocycles. The fourth-order valence-electron chi connectivity index (χ4n) is 3.48. The Hall–Kier alpha value is -2.67. The lowest BCUT2D eigenvalue weighted by Crippen LogP contribution is -2.37. The number of aryl methyl sites for hydroxylation is 1. The lowest BCUT2D eigenvalue weighted by Gasteiger charge is -2.29. The van der Waals surface area contributed by atoms with Crippen molar-refractivity contribution in [1.82, 2.24) is 14.9 Å². The van der Waals surface area contributed by atoms with E-state index in [-0.39, 0.29) is 17.0 Å². The summed E-state index contributed by atoms with van der Waals surface area (Å²) in [5, 5.41) is 5.40. The van der Waals surface area contributed by atoms with Crippen LogP contribution in [-0.4, -0.2) is 27.4 Å². The summed E-state index contributed by atoms with van der Waals surface area (Å²) in [6, 6.07) is 3.91. The van der Waals surface area contributed by atoms with E-state index in [0.29, 0.717) is 11.6 Å². The molecule has 1 aromatic carbocycles. The van der Waals surface area contributed by atoms with E-state index in [4.69, 9.17) is 11.6 Å². The zero-order valence-electron chi connectivity index (χ0n) is 15.5. The molecule has 2 N–H and O–H groups in total. The number of nitrogens with one attached hydrogen (secondary N) is 2. The first-order chi connectivity index (χ1) is 13.4. The molecule has 6 nitrogen and oxygen atoms in total. The average molecular weight is 405 g/mol. The zero-order valence-corrected chi connectivity index (χ0v) is 16.2. The molecule has 1 aliphatic carbocycles. The second kappa shape index (κ2) is 9.01. The third-order valence-electron chi connectivity index (χ3n) is 4.82. The van der Waals surface area contributed by atoms with Gasteiger partial charge in [0.05, 0.1) is 5.02 Å². The Morgan fingerprint density at radius 2 is 2.07 bits per heavy atom. The molecular weight excluding hydrogens is 383 g/mol. The van der Waals surface area contributed by atoms with Crippen molar-refractivity contribution in [3.8, 4) is 0 Å². The van der Waals surface area contributed by atoms with Gasteiger partial charge in [0.25, 0.3) is 0 Å². The maximum absolute atomic E-state index is 13.1. The van der Waals surface area contributed by atoms with Crippen molar-refractivity contribution in [3.63, 3.8) is 0 Å². The van der Waals surface area contributed by atoms with Gasteiger partial charge in [-0.3, -0.25) is 9.59 Å². The van der Waals surface area contributed by atoms with Crippen LogP contribution in [-0.2, 0) is 16.6 Å². The number of nitrogens with zero attached hydrogens (tertiary/aromatic N) is 2. The third kappa shape index (κ3) is 5.19. The molecule has 0 radical (unpaired) electrons. The number of hydrogen-bond donors (Lipinski definition) is 2. The molecule has 2 amide bonds. The number of halogens is 2. The minimum atomic E-state index is -0.564. The summed E-state index contributed by atoms with van der Waals surface area (Å²) in [5.74, 6) is -0.0302. The van der Waals surface area contributed by atoms with E-state index in [1.54, 1.807) is 6.20 Å². The summed E-state index contributed by atoms with van der Waals surface area (Å²) in [5.41, 5.74) is 0.353. The van der Waals surface area contributed by atoms with Gasteiger partial charge in [-0.2, -0.15) is 0 Å². The van der Waals surface area contributed by atoms with E-state index >= 15 is 0 Å². The van der Waals surface area contributed by atoms with Crippen molar-refractivity contribution >= 4 is 29.1 Å². The monoisotopic (exact) mass is 404 g/mol. The van der Waals surface area contributed by atoms with E-state index < -0.39 is 11.7 Å². The van der Waals surface area contributed by atoms with Gasteiger partial charge in [0, 0.05) is 49.2 Å². The first-order valence-corrected chi connectivity index (χ1v) is 9.52. The van der Waals surface area contributed by atoms with Crippen LogP contribution in [0.3, 0.4) is 0 Å². The van der Waals surface area contributed by atoms with Gasteiger partial charge >= 0.3 is 0 Å². The van der Waals surface area contributed by atoms with Crippen LogP contribution in [0.15, 0.2) is 42.7 Å². The van der Waals surface area contributed by atoms with Crippen LogP contribution < -0.4 is 10.6 Å². The van der Waals surface area contributed by atoms with Gasteiger partial charge < -0.3 is 15.2 Å². The first kappa shape index (κ1) is 20.1. The summed E-state index contributed by atoms with van der Waals surface area (Å²) >= 11 is 5.68. The minimum Gasteiger partial charge on any atom is -0.350 e. The lowest BCUT2D eigenvalue weighted by molar-refractivity contribution is -0.118. The number of imidazole rings is 1. The van der Waals surface area contributed by atoms with E-state index in [0.717, 1.165) is 43.7 Å². The molecule has 3 rings (SSSR count). The number of anilines is 1. The molecule has 148 valence electrons. The highest BCUT2D eigenvalue weighted by Crippen LogP contribution is 2.31. The minimum absolute atomic E-state index is 0.0477. The summed E-state index contributed by atoms with van der Waals surface area (Å²) in [6.45, 7) is 0. The highest BCUT2D eigenvalue weighted by Gasteiger charge is 2.26. The summed E-state index contributed by atoms with van der Waals surface area (Å²) in [6.07, 6.45) is 9.84. The van der Waals surface area contributed by atoms with Crippen LogP contribution in [0.5, 0.6) is 0 Å². The molecule has 2 atom stereocenters. The predicted octanol–water partition coefficient (Wildman–Crippen LogP) is 3.55. The highest BCUT2D eigenvalue weighted by atomic mass is 35.5. The van der Waals surface area contributed by atoms with E-state index in [1.165, 1.54) is 18.2 Å². The van der Waals surface area contributed by atoms with E-state index in [9.17, 15) is 14.0 Å². The molecule has 0 spiro atoms. The van der Waals surface area contributed by atoms with Crippen LogP contribution in [0.1, 0.15) is 37.4 Å². The van der Waals surface area contributed by atoms with Crippen molar-refractivity contribution in [3.05, 3.63) is 59.4 Å². The molecule has 1 fully saturated rings. The molecule has 0 aliphatic heterocycles. The van der Waals surface area contributed by atoms with Crippen LogP contribution in [0.2, 0.25) is 5.02 Å². The van der Waals surface area contributed by atoms with Gasteiger partial charge in [0.15, 0.2) is 0 Å². The molecule has 0 bridgehead atoms. The SMILES string of the molecule is Cn1ccnc1C1CCCC(NC(=O)/C=C/C(=O)Nc2ccc(F)c(Cl)c2)C1. The van der Waals surface area contributed by atoms with Crippen molar-refractivity contribution in [2.24, 2.45) is 7.05 Å². The second-order valence-corrected chi connectivity index (χ2v) is 7.32. The largest absolute Gasteiger partial charge is 0.350 e. The molecule has 1 aromatic heterocycles. The van der Waals surface area contributed by atoms with Crippen LogP contribution in [0.25, 0.3) is 0 Å². The summed E-state index contributed by atoms with van der Waals surface area (Å²) in [7, 11) is 1.97. The smallest absolute Gasteiger partial charge is 0.248 e. The summed E-state index contributed by atoms with van der Waals surface area (Å²) < 4.78 is 15.2. The number of hydrogen-bond acceptors (Lipinski definition) is 3. The Balaban J connectivity index is 1.50. The quantitative estimate of drug-likeness (QED) is 0.748. The molecule has 28 heavy (non-hydrogen) atoms. The number of carbonyl (C=O) groups excluding carboxylic acids is 2. The van der Waals surface area contributed by atoms with Gasteiger partial charge in [0.2, 0.25) is 11.8 Å². The molecular formula is C20H22ClFN4O2. The van der Waals surface area contributed by atoms with Gasteiger partial charge in [-0.1, -0.05) is 18.0 Å². The Labute approximate surface area is 167 Å². The molecule has 8 heteroatoms. The summed E-state index contributed by atoms with van der Waals surface area (Å²) in [4.78, 5) is 28.5. The van der Waals surface area contributed by atoms with Crippen molar-refractivity contribution < 1.29 is 14.0 Å². The topological polar surface area (TPSA) is 76.0 Å². The average Bonchev–Trinajstić information content (AvgIpc) is 3.09. The van der Waals surface area contributed by atoms with Gasteiger partial charge in [-0.15, -0.1) is 0 Å². The molecule has 0 saturated heterocycles. The number of benzene rings is 1.